The molecule has 12 heteroatoms. The average molecular weight is 431 g/mol. The molecule has 1 amide bonds. The van der Waals surface area contributed by atoms with E-state index in [1.807, 2.05) is 0 Å². The molecule has 0 bridgehead atoms. The van der Waals surface area contributed by atoms with Gasteiger partial charge in [-0.3, -0.25) is 9.32 Å². The molecule has 160 valence electrons. The Morgan fingerprint density at radius 1 is 1.30 bits per heavy atom. The molecule has 1 saturated heterocycles. The van der Waals surface area contributed by atoms with Crippen LogP contribution in [0.4, 0.5) is 0 Å². The third-order valence-corrected chi connectivity index (χ3v) is 7.53. The van der Waals surface area contributed by atoms with Crippen LogP contribution in [0, 0.1) is 0 Å². The minimum Gasteiger partial charge on any atom is -0.394 e. The van der Waals surface area contributed by atoms with Crippen LogP contribution in [-0.4, -0.2) is 83.5 Å². The Kier molecular flexibility index (Phi) is 9.66. The van der Waals surface area contributed by atoms with Gasteiger partial charge in [0, 0.05) is 19.8 Å². The van der Waals surface area contributed by atoms with Crippen LogP contribution in [0.2, 0.25) is 0 Å². The molecule has 1 fully saturated rings. The minimum atomic E-state index is -3.37. The predicted molar refractivity (Wildman–Crippen MR) is 99.2 cm³/mol. The number of hydrogen-bond donors (Lipinski definition) is 4. The Morgan fingerprint density at radius 2 is 1.93 bits per heavy atom. The van der Waals surface area contributed by atoms with E-state index in [1.165, 1.54) is 14.0 Å². The van der Waals surface area contributed by atoms with Crippen LogP contribution in [0.1, 0.15) is 27.7 Å². The van der Waals surface area contributed by atoms with Crippen molar-refractivity contribution >= 4 is 24.1 Å². The third-order valence-electron chi connectivity index (χ3n) is 3.47. The summed E-state index contributed by atoms with van der Waals surface area (Å²) in [6.45, 7) is 2.65. The number of aliphatic hydroxyl groups excluding tert-OH is 3. The lowest BCUT2D eigenvalue weighted by Crippen LogP contribution is -2.64. The normalized spacial score (nSPS) is 31.3. The van der Waals surface area contributed by atoms with Crippen LogP contribution in [0.15, 0.2) is 0 Å². The first kappa shape index (κ1) is 24.8. The second-order valence-electron chi connectivity index (χ2n) is 6.97. The molecule has 1 aliphatic heterocycles. The van der Waals surface area contributed by atoms with E-state index in [1.54, 1.807) is 20.8 Å². The highest BCUT2D eigenvalue weighted by Crippen LogP contribution is 2.62. The zero-order valence-electron chi connectivity index (χ0n) is 16.2. The van der Waals surface area contributed by atoms with Crippen LogP contribution in [0.5, 0.6) is 0 Å². The first-order chi connectivity index (χ1) is 12.4. The Hall–Kier alpha value is -0.230. The monoisotopic (exact) mass is 431 g/mol. The number of ether oxygens (including phenoxy) is 2. The summed E-state index contributed by atoms with van der Waals surface area (Å²) in [5.41, 5.74) is -0.656. The van der Waals surface area contributed by atoms with Crippen LogP contribution >= 0.6 is 18.2 Å². The second kappa shape index (κ2) is 10.5. The van der Waals surface area contributed by atoms with E-state index < -0.39 is 55.6 Å². The minimum absolute atomic E-state index is 0.0350. The average Bonchev–Trinajstić information content (AvgIpc) is 2.55. The van der Waals surface area contributed by atoms with E-state index in [0.29, 0.717) is 0 Å². The molecule has 0 radical (unpaired) electrons. The van der Waals surface area contributed by atoms with E-state index >= 15 is 0 Å². The molecule has 1 aliphatic rings. The summed E-state index contributed by atoms with van der Waals surface area (Å²) in [6, 6.07) is -1.02. The van der Waals surface area contributed by atoms with Gasteiger partial charge in [0.25, 0.3) is 0 Å². The summed E-state index contributed by atoms with van der Waals surface area (Å²) in [5.74, 6) is -0.223. The highest BCUT2D eigenvalue weighted by molar-refractivity contribution is 8.55. The van der Waals surface area contributed by atoms with Crippen molar-refractivity contribution in [2.45, 2.75) is 63.9 Å². The van der Waals surface area contributed by atoms with Gasteiger partial charge in [0.2, 0.25) is 5.91 Å². The number of rotatable bonds is 9. The summed E-state index contributed by atoms with van der Waals surface area (Å²) < 4.78 is 33.9. The maximum atomic E-state index is 12.5. The van der Waals surface area contributed by atoms with E-state index in [9.17, 15) is 24.7 Å². The Balaban J connectivity index is 2.66. The van der Waals surface area contributed by atoms with Gasteiger partial charge in [-0.2, -0.15) is 0 Å². The first-order valence-electron chi connectivity index (χ1n) is 8.44. The molecule has 0 aromatic carbocycles. The molecule has 0 aliphatic carbocycles. The maximum Gasteiger partial charge on any atom is 0.389 e. The van der Waals surface area contributed by atoms with Gasteiger partial charge in [-0.25, -0.2) is 4.57 Å². The summed E-state index contributed by atoms with van der Waals surface area (Å²) in [4.78, 5) is 11.4. The summed E-state index contributed by atoms with van der Waals surface area (Å²) in [7, 11) is 1.29. The fourth-order valence-electron chi connectivity index (χ4n) is 2.38. The molecule has 0 spiro atoms. The van der Waals surface area contributed by atoms with Gasteiger partial charge in [-0.15, -0.1) is 0 Å². The predicted octanol–water partition coefficient (Wildman–Crippen LogP) is 0.250. The zero-order valence-corrected chi connectivity index (χ0v) is 17.9. The van der Waals surface area contributed by atoms with Crippen molar-refractivity contribution in [2.75, 3.05) is 26.1 Å². The number of carbonyl (C=O) groups excluding carboxylic acids is 1. The molecule has 4 N–H and O–H groups in total. The molecule has 1 heterocycles. The molecule has 1 rings (SSSR count). The van der Waals surface area contributed by atoms with Gasteiger partial charge in [0.05, 0.1) is 18.8 Å². The quantitative estimate of drug-likeness (QED) is 0.296. The number of carbonyl (C=O) groups is 1. The van der Waals surface area contributed by atoms with E-state index in [0.717, 1.165) is 11.4 Å². The van der Waals surface area contributed by atoms with E-state index in [4.69, 9.17) is 18.5 Å². The SMILES string of the molecule is COP(=O)(OC(C)(C)C)SCCOC1OC(CO)C(O)C(O)C1NC(C)=O. The fraction of sp³-hybridized carbons (Fsp3) is 0.933. The summed E-state index contributed by atoms with van der Waals surface area (Å²) in [6.07, 6.45) is -4.92. The lowest BCUT2D eigenvalue weighted by atomic mass is 9.97. The molecule has 0 saturated carbocycles. The summed E-state index contributed by atoms with van der Waals surface area (Å²) in [5, 5.41) is 31.9. The van der Waals surface area contributed by atoms with Crippen molar-refractivity contribution in [3.63, 3.8) is 0 Å². The molecule has 6 atom stereocenters. The van der Waals surface area contributed by atoms with E-state index in [-0.39, 0.29) is 12.4 Å². The number of aliphatic hydroxyl groups is 3. The van der Waals surface area contributed by atoms with Crippen molar-refractivity contribution < 1.29 is 43.2 Å². The highest BCUT2D eigenvalue weighted by atomic mass is 32.7. The maximum absolute atomic E-state index is 12.5. The Bertz CT molecular complexity index is 530. The van der Waals surface area contributed by atoms with Gasteiger partial charge in [-0.1, -0.05) is 0 Å². The fourth-order valence-corrected chi connectivity index (χ4v) is 5.72. The lowest BCUT2D eigenvalue weighted by molar-refractivity contribution is -0.268. The second-order valence-corrected chi connectivity index (χ2v) is 11.2. The molecule has 10 nitrogen and oxygen atoms in total. The molecule has 27 heavy (non-hydrogen) atoms. The van der Waals surface area contributed by atoms with Gasteiger partial charge in [0.1, 0.15) is 24.4 Å². The van der Waals surface area contributed by atoms with Gasteiger partial charge in [0.15, 0.2) is 6.29 Å². The van der Waals surface area contributed by atoms with Crippen molar-refractivity contribution in [1.82, 2.24) is 5.32 Å². The van der Waals surface area contributed by atoms with Gasteiger partial charge < -0.3 is 34.6 Å². The highest BCUT2D eigenvalue weighted by Gasteiger charge is 2.45. The van der Waals surface area contributed by atoms with Gasteiger partial charge in [-0.05, 0) is 32.2 Å². The topological polar surface area (TPSA) is 144 Å². The molecule has 6 unspecified atom stereocenters. The van der Waals surface area contributed by atoms with Crippen molar-refractivity contribution in [3.05, 3.63) is 0 Å². The summed E-state index contributed by atoms with van der Waals surface area (Å²) >= 11 is 0.944. The van der Waals surface area contributed by atoms with Crippen molar-refractivity contribution in [2.24, 2.45) is 0 Å². The lowest BCUT2D eigenvalue weighted by Gasteiger charge is -2.42. The number of hydrogen-bond acceptors (Lipinski definition) is 10. The van der Waals surface area contributed by atoms with Crippen LogP contribution in [0.25, 0.3) is 0 Å². The van der Waals surface area contributed by atoms with E-state index in [2.05, 4.69) is 5.32 Å². The standard InChI is InChI=1S/C15H30NO9PS/c1-9(18)16-11-13(20)12(19)10(8-17)24-14(11)23-6-7-27-26(21,22-5)25-15(2,3)4/h10-14,17,19-20H,6-8H2,1-5H3,(H,16,18). The van der Waals surface area contributed by atoms with Crippen LogP contribution in [0.3, 0.4) is 0 Å². The van der Waals surface area contributed by atoms with Crippen molar-refractivity contribution in [3.8, 4) is 0 Å². The van der Waals surface area contributed by atoms with Crippen molar-refractivity contribution in [1.29, 1.82) is 0 Å². The largest absolute Gasteiger partial charge is 0.394 e. The van der Waals surface area contributed by atoms with Crippen LogP contribution in [-0.2, 0) is 27.9 Å². The van der Waals surface area contributed by atoms with Gasteiger partial charge >= 0.3 is 6.80 Å². The molecular formula is C15H30NO9PS. The van der Waals surface area contributed by atoms with Crippen LogP contribution < -0.4 is 5.32 Å². The number of amides is 1. The molecule has 0 aromatic rings. The smallest absolute Gasteiger partial charge is 0.389 e. The molecular weight excluding hydrogens is 401 g/mol. The Labute approximate surface area is 163 Å². The Morgan fingerprint density at radius 3 is 2.41 bits per heavy atom. The molecule has 0 aromatic heterocycles. The first-order valence-corrected chi connectivity index (χ1v) is 11.6. The third kappa shape index (κ3) is 7.96. The number of nitrogens with one attached hydrogen (secondary N) is 1. The zero-order chi connectivity index (χ0) is 20.8.